The molecular weight excluding hydrogens is 304 g/mol. The van der Waals surface area contributed by atoms with Crippen LogP contribution in [0.25, 0.3) is 11.1 Å². The third-order valence-electron chi connectivity index (χ3n) is 4.47. The molecule has 6 heteroatoms. The van der Waals surface area contributed by atoms with E-state index in [1.54, 1.807) is 12.1 Å². The van der Waals surface area contributed by atoms with Crippen LogP contribution in [0.4, 0.5) is 0 Å². The van der Waals surface area contributed by atoms with Crippen LogP contribution in [0.5, 0.6) is 0 Å². The van der Waals surface area contributed by atoms with Crippen LogP contribution in [0.1, 0.15) is 36.0 Å². The normalized spacial score (nSPS) is 16.8. The molecule has 1 amide bonds. The van der Waals surface area contributed by atoms with Crippen molar-refractivity contribution in [2.24, 2.45) is 0 Å². The minimum Gasteiger partial charge on any atom is -0.440 e. The number of oxazole rings is 1. The Kier molecular flexibility index (Phi) is 5.16. The average molecular weight is 330 g/mol. The Morgan fingerprint density at radius 1 is 1.29 bits per heavy atom. The highest BCUT2D eigenvalue weighted by molar-refractivity contribution is 5.97. The van der Waals surface area contributed by atoms with Crippen molar-refractivity contribution in [2.45, 2.75) is 19.8 Å². The van der Waals surface area contributed by atoms with Crippen molar-refractivity contribution in [1.29, 1.82) is 0 Å². The molecule has 24 heavy (non-hydrogen) atoms. The largest absolute Gasteiger partial charge is 0.440 e. The van der Waals surface area contributed by atoms with Crippen LogP contribution < -0.4 is 5.32 Å². The molecule has 0 bridgehead atoms. The Hall–Kier alpha value is -1.92. The summed E-state index contributed by atoms with van der Waals surface area (Å²) in [6.07, 6.45) is 0. The number of carbonyl (C=O) groups is 1. The summed E-state index contributed by atoms with van der Waals surface area (Å²) in [7, 11) is 2.14. The molecule has 1 aliphatic heterocycles. The highest BCUT2D eigenvalue weighted by atomic mass is 16.3. The molecule has 0 unspecified atom stereocenters. The smallest absolute Gasteiger partial charge is 0.251 e. The lowest BCUT2D eigenvalue weighted by Crippen LogP contribution is -2.46. The number of nitrogens with zero attached hydrogens (tertiary/aromatic N) is 3. The molecule has 0 atom stereocenters. The third-order valence-corrected chi connectivity index (χ3v) is 4.47. The summed E-state index contributed by atoms with van der Waals surface area (Å²) < 4.78 is 5.73. The lowest BCUT2D eigenvalue weighted by atomic mass is 10.2. The van der Waals surface area contributed by atoms with E-state index in [-0.39, 0.29) is 11.8 Å². The van der Waals surface area contributed by atoms with Crippen molar-refractivity contribution in [3.63, 3.8) is 0 Å². The first-order valence-electron chi connectivity index (χ1n) is 8.62. The minimum absolute atomic E-state index is 0.0616. The van der Waals surface area contributed by atoms with Gasteiger partial charge in [-0.2, -0.15) is 0 Å². The summed E-state index contributed by atoms with van der Waals surface area (Å²) in [5.74, 6) is 0.879. The number of piperazine rings is 1. The van der Waals surface area contributed by atoms with E-state index in [1.165, 1.54) is 0 Å². The van der Waals surface area contributed by atoms with Gasteiger partial charge in [-0.1, -0.05) is 13.8 Å². The molecule has 6 nitrogen and oxygen atoms in total. The van der Waals surface area contributed by atoms with Crippen LogP contribution in [-0.2, 0) is 0 Å². The number of hydrogen-bond donors (Lipinski definition) is 1. The van der Waals surface area contributed by atoms with Crippen LogP contribution in [0.3, 0.4) is 0 Å². The molecule has 0 saturated carbocycles. The maximum atomic E-state index is 12.3. The molecule has 0 radical (unpaired) electrons. The molecular formula is C18H26N4O2. The molecule has 2 aromatic rings. The molecule has 0 spiro atoms. The zero-order valence-corrected chi connectivity index (χ0v) is 14.7. The van der Waals surface area contributed by atoms with Gasteiger partial charge >= 0.3 is 0 Å². The predicted molar refractivity (Wildman–Crippen MR) is 94.4 cm³/mol. The number of nitrogens with one attached hydrogen (secondary N) is 1. The Morgan fingerprint density at radius 3 is 2.75 bits per heavy atom. The molecule has 1 aromatic carbocycles. The summed E-state index contributed by atoms with van der Waals surface area (Å²) in [6.45, 7) is 9.94. The minimum atomic E-state index is -0.0616. The standard InChI is InChI=1S/C18H26N4O2/c1-13(2)18-20-15-5-4-14(12-16(15)24-18)17(23)19-6-7-22-10-8-21(3)9-11-22/h4-5,12-13H,6-11H2,1-3H3,(H,19,23). The predicted octanol–water partition coefficient (Wildman–Crippen LogP) is 1.93. The number of amides is 1. The van der Waals surface area contributed by atoms with Gasteiger partial charge in [-0.25, -0.2) is 4.98 Å². The van der Waals surface area contributed by atoms with Gasteiger partial charge in [-0.05, 0) is 25.2 Å². The van der Waals surface area contributed by atoms with Crippen molar-refractivity contribution < 1.29 is 9.21 Å². The fraction of sp³-hybridized carbons (Fsp3) is 0.556. The molecule has 1 aromatic heterocycles. The van der Waals surface area contributed by atoms with Crippen LogP contribution in [0, 0.1) is 0 Å². The molecule has 1 aliphatic rings. The van der Waals surface area contributed by atoms with Gasteiger partial charge in [0.1, 0.15) is 5.52 Å². The van der Waals surface area contributed by atoms with Gasteiger partial charge in [-0.3, -0.25) is 9.69 Å². The monoisotopic (exact) mass is 330 g/mol. The van der Waals surface area contributed by atoms with E-state index < -0.39 is 0 Å². The van der Waals surface area contributed by atoms with Gasteiger partial charge in [0, 0.05) is 50.7 Å². The quantitative estimate of drug-likeness (QED) is 0.908. The molecule has 0 aliphatic carbocycles. The van der Waals surface area contributed by atoms with E-state index in [0.717, 1.165) is 38.2 Å². The van der Waals surface area contributed by atoms with Crippen LogP contribution in [0.15, 0.2) is 22.6 Å². The number of carbonyl (C=O) groups excluding carboxylic acids is 1. The lowest BCUT2D eigenvalue weighted by molar-refractivity contribution is 0.0941. The SMILES string of the molecule is CC(C)c1nc2ccc(C(=O)NCCN3CCN(C)CC3)cc2o1. The molecule has 2 heterocycles. The van der Waals surface area contributed by atoms with Gasteiger partial charge in [0.25, 0.3) is 5.91 Å². The maximum Gasteiger partial charge on any atom is 0.251 e. The van der Waals surface area contributed by atoms with Gasteiger partial charge in [0.15, 0.2) is 11.5 Å². The van der Waals surface area contributed by atoms with Gasteiger partial charge in [0.05, 0.1) is 0 Å². The van der Waals surface area contributed by atoms with E-state index in [0.29, 0.717) is 23.6 Å². The van der Waals surface area contributed by atoms with Crippen molar-refractivity contribution >= 4 is 17.0 Å². The topological polar surface area (TPSA) is 61.6 Å². The van der Waals surface area contributed by atoms with Crippen molar-refractivity contribution in [2.75, 3.05) is 46.3 Å². The number of rotatable bonds is 5. The van der Waals surface area contributed by atoms with Gasteiger partial charge in [-0.15, -0.1) is 0 Å². The summed E-state index contributed by atoms with van der Waals surface area (Å²) >= 11 is 0. The maximum absolute atomic E-state index is 12.3. The van der Waals surface area contributed by atoms with Crippen molar-refractivity contribution in [3.05, 3.63) is 29.7 Å². The van der Waals surface area contributed by atoms with Crippen LogP contribution >= 0.6 is 0 Å². The highest BCUT2D eigenvalue weighted by Crippen LogP contribution is 2.22. The second-order valence-corrected chi connectivity index (χ2v) is 6.79. The van der Waals surface area contributed by atoms with Gasteiger partial charge < -0.3 is 14.6 Å². The van der Waals surface area contributed by atoms with Crippen LogP contribution in [-0.4, -0.2) is 67.0 Å². The Balaban J connectivity index is 1.55. The third kappa shape index (κ3) is 3.94. The summed E-state index contributed by atoms with van der Waals surface area (Å²) in [6, 6.07) is 5.43. The molecule has 1 fully saturated rings. The second kappa shape index (κ2) is 7.32. The first-order valence-corrected chi connectivity index (χ1v) is 8.62. The first kappa shape index (κ1) is 16.9. The average Bonchev–Trinajstić information content (AvgIpc) is 3.00. The van der Waals surface area contributed by atoms with Crippen molar-refractivity contribution in [1.82, 2.24) is 20.1 Å². The van der Waals surface area contributed by atoms with E-state index in [9.17, 15) is 4.79 Å². The zero-order valence-electron chi connectivity index (χ0n) is 14.7. The number of hydrogen-bond acceptors (Lipinski definition) is 5. The number of aromatic nitrogens is 1. The summed E-state index contributed by atoms with van der Waals surface area (Å²) in [4.78, 5) is 21.5. The molecule has 1 N–H and O–H groups in total. The summed E-state index contributed by atoms with van der Waals surface area (Å²) in [5, 5.41) is 3.00. The van der Waals surface area contributed by atoms with E-state index in [1.807, 2.05) is 19.9 Å². The van der Waals surface area contributed by atoms with Crippen LogP contribution in [0.2, 0.25) is 0 Å². The Morgan fingerprint density at radius 2 is 2.04 bits per heavy atom. The zero-order chi connectivity index (χ0) is 17.1. The fourth-order valence-corrected chi connectivity index (χ4v) is 2.83. The number of fused-ring (bicyclic) bond motifs is 1. The van der Waals surface area contributed by atoms with E-state index >= 15 is 0 Å². The molecule has 130 valence electrons. The van der Waals surface area contributed by atoms with E-state index in [4.69, 9.17) is 4.42 Å². The van der Waals surface area contributed by atoms with Gasteiger partial charge in [0.2, 0.25) is 0 Å². The fourth-order valence-electron chi connectivity index (χ4n) is 2.83. The summed E-state index contributed by atoms with van der Waals surface area (Å²) in [5.41, 5.74) is 2.09. The highest BCUT2D eigenvalue weighted by Gasteiger charge is 2.15. The second-order valence-electron chi connectivity index (χ2n) is 6.79. The molecule has 1 saturated heterocycles. The Bertz CT molecular complexity index is 702. The Labute approximate surface area is 142 Å². The van der Waals surface area contributed by atoms with E-state index in [2.05, 4.69) is 27.1 Å². The first-order chi connectivity index (χ1) is 11.5. The lowest BCUT2D eigenvalue weighted by Gasteiger charge is -2.32. The number of likely N-dealkylation sites (N-methyl/N-ethyl adjacent to an activating group) is 1. The van der Waals surface area contributed by atoms with Crippen molar-refractivity contribution in [3.8, 4) is 0 Å². The number of benzene rings is 1. The molecule has 3 rings (SSSR count).